The van der Waals surface area contributed by atoms with Crippen LogP contribution in [-0.4, -0.2) is 25.5 Å². The van der Waals surface area contributed by atoms with Crippen molar-refractivity contribution in [1.29, 1.82) is 0 Å². The number of carbonyl (C=O) groups is 1. The molecule has 1 amide bonds. The molecule has 0 spiro atoms. The lowest BCUT2D eigenvalue weighted by Gasteiger charge is -2.09. The number of hydrogen-bond acceptors (Lipinski definition) is 5. The molecule has 0 aliphatic carbocycles. The Bertz CT molecular complexity index is 1510. The van der Waals surface area contributed by atoms with Gasteiger partial charge in [-0.3, -0.25) is 14.3 Å². The molecule has 0 saturated heterocycles. The molecule has 0 radical (unpaired) electrons. The molecule has 8 nitrogen and oxygen atoms in total. The van der Waals surface area contributed by atoms with E-state index in [0.717, 1.165) is 10.9 Å². The molecule has 1 aromatic heterocycles. The molecule has 0 atom stereocenters. The Labute approximate surface area is 190 Å². The number of fused-ring (bicyclic) bond motifs is 1. The number of aromatic nitrogens is 1. The lowest BCUT2D eigenvalue weighted by atomic mass is 10.2. The second kappa shape index (κ2) is 9.09. The zero-order valence-corrected chi connectivity index (χ0v) is 18.4. The number of amides is 1. The molecule has 33 heavy (non-hydrogen) atoms. The monoisotopic (exact) mass is 460 g/mol. The highest BCUT2D eigenvalue weighted by molar-refractivity contribution is 7.92. The number of hydrazone groups is 1. The SMILES string of the molecule is Cc1ccc(S(=O)(=O)Nc2ccc(C(=O)NN=Cc3cc4ccccc4[nH]c3=O)cc2)cc1. The molecule has 166 valence electrons. The first-order valence-electron chi connectivity index (χ1n) is 9.97. The van der Waals surface area contributed by atoms with E-state index in [1.165, 1.54) is 42.6 Å². The maximum absolute atomic E-state index is 12.5. The first-order chi connectivity index (χ1) is 15.8. The van der Waals surface area contributed by atoms with Gasteiger partial charge in [0.1, 0.15) is 0 Å². The second-order valence-corrected chi connectivity index (χ2v) is 9.02. The van der Waals surface area contributed by atoms with Crippen LogP contribution in [0, 0.1) is 6.92 Å². The van der Waals surface area contributed by atoms with Gasteiger partial charge >= 0.3 is 0 Å². The van der Waals surface area contributed by atoms with Gasteiger partial charge in [0.25, 0.3) is 21.5 Å². The molecule has 0 unspecified atom stereocenters. The zero-order valence-electron chi connectivity index (χ0n) is 17.6. The molecule has 0 bridgehead atoms. The number of hydrogen-bond donors (Lipinski definition) is 3. The number of aromatic amines is 1. The van der Waals surface area contributed by atoms with Crippen LogP contribution >= 0.6 is 0 Å². The third-order valence-corrected chi connectivity index (χ3v) is 6.28. The molecule has 1 heterocycles. The second-order valence-electron chi connectivity index (χ2n) is 7.34. The first kappa shape index (κ1) is 22.0. The number of nitrogens with one attached hydrogen (secondary N) is 3. The predicted octanol–water partition coefficient (Wildman–Crippen LogP) is 3.40. The fraction of sp³-hybridized carbons (Fsp3) is 0.0417. The number of aryl methyl sites for hydroxylation is 1. The number of rotatable bonds is 6. The van der Waals surface area contributed by atoms with Crippen molar-refractivity contribution in [1.82, 2.24) is 10.4 Å². The van der Waals surface area contributed by atoms with Gasteiger partial charge in [0, 0.05) is 16.8 Å². The highest BCUT2D eigenvalue weighted by Gasteiger charge is 2.14. The quantitative estimate of drug-likeness (QED) is 0.302. The van der Waals surface area contributed by atoms with Crippen LogP contribution in [0.3, 0.4) is 0 Å². The molecule has 0 fully saturated rings. The van der Waals surface area contributed by atoms with Crippen molar-refractivity contribution in [2.75, 3.05) is 4.72 Å². The molecule has 3 N–H and O–H groups in total. The van der Waals surface area contributed by atoms with Crippen LogP contribution < -0.4 is 15.7 Å². The highest BCUT2D eigenvalue weighted by atomic mass is 32.2. The van der Waals surface area contributed by atoms with Crippen LogP contribution in [0.2, 0.25) is 0 Å². The minimum atomic E-state index is -3.73. The summed E-state index contributed by atoms with van der Waals surface area (Å²) in [6, 6.07) is 21.4. The largest absolute Gasteiger partial charge is 0.321 e. The summed E-state index contributed by atoms with van der Waals surface area (Å²) in [5.41, 5.74) is 4.60. The van der Waals surface area contributed by atoms with Crippen LogP contribution in [0.4, 0.5) is 5.69 Å². The van der Waals surface area contributed by atoms with E-state index in [9.17, 15) is 18.0 Å². The summed E-state index contributed by atoms with van der Waals surface area (Å²) in [6.45, 7) is 1.87. The van der Waals surface area contributed by atoms with E-state index in [2.05, 4.69) is 20.2 Å². The van der Waals surface area contributed by atoms with Gasteiger partial charge in [0.15, 0.2) is 0 Å². The topological polar surface area (TPSA) is 120 Å². The smallest absolute Gasteiger partial charge is 0.271 e. The number of carbonyl (C=O) groups excluding carboxylic acids is 1. The number of sulfonamides is 1. The summed E-state index contributed by atoms with van der Waals surface area (Å²) in [7, 11) is -3.73. The van der Waals surface area contributed by atoms with Crippen LogP contribution in [0.1, 0.15) is 21.5 Å². The van der Waals surface area contributed by atoms with Crippen LogP contribution in [-0.2, 0) is 10.0 Å². The van der Waals surface area contributed by atoms with Gasteiger partial charge in [-0.25, -0.2) is 13.8 Å². The highest BCUT2D eigenvalue weighted by Crippen LogP contribution is 2.17. The maximum atomic E-state index is 12.5. The molecule has 0 aliphatic rings. The van der Waals surface area contributed by atoms with Crippen LogP contribution in [0.5, 0.6) is 0 Å². The molecule has 3 aromatic carbocycles. The van der Waals surface area contributed by atoms with E-state index < -0.39 is 15.9 Å². The Morgan fingerprint density at radius 1 is 0.970 bits per heavy atom. The van der Waals surface area contributed by atoms with Crippen molar-refractivity contribution < 1.29 is 13.2 Å². The Kier molecular flexibility index (Phi) is 6.05. The van der Waals surface area contributed by atoms with Gasteiger partial charge in [-0.15, -0.1) is 0 Å². The molecular weight excluding hydrogens is 440 g/mol. The van der Waals surface area contributed by atoms with Gasteiger partial charge in [-0.2, -0.15) is 5.10 Å². The van der Waals surface area contributed by atoms with Gasteiger partial charge in [-0.05, 0) is 60.8 Å². The number of nitrogens with zero attached hydrogens (tertiary/aromatic N) is 1. The minimum Gasteiger partial charge on any atom is -0.321 e. The fourth-order valence-corrected chi connectivity index (χ4v) is 4.16. The number of H-pyrrole nitrogens is 1. The molecule has 4 rings (SSSR count). The van der Waals surface area contributed by atoms with E-state index >= 15 is 0 Å². The number of benzene rings is 3. The summed E-state index contributed by atoms with van der Waals surface area (Å²) in [4.78, 5) is 27.4. The van der Waals surface area contributed by atoms with Gasteiger partial charge < -0.3 is 4.98 Å². The normalized spacial score (nSPS) is 11.5. The van der Waals surface area contributed by atoms with Gasteiger partial charge in [0.05, 0.1) is 16.7 Å². The van der Waals surface area contributed by atoms with E-state index in [1.54, 1.807) is 24.3 Å². The Hall–Kier alpha value is -4.24. The zero-order chi connectivity index (χ0) is 23.4. The molecule has 0 saturated carbocycles. The van der Waals surface area contributed by atoms with Crippen LogP contribution in [0.15, 0.2) is 93.7 Å². The lowest BCUT2D eigenvalue weighted by Crippen LogP contribution is -2.19. The van der Waals surface area contributed by atoms with Crippen LogP contribution in [0.25, 0.3) is 10.9 Å². The van der Waals surface area contributed by atoms with Gasteiger partial charge in [0.2, 0.25) is 0 Å². The standard InChI is InChI=1S/C24H20N4O4S/c1-16-6-12-21(13-7-16)33(31,32)28-20-10-8-17(9-11-20)24(30)27-25-15-19-14-18-4-2-3-5-22(18)26-23(19)29/h2-15,28H,1H3,(H,26,29)(H,27,30). The fourth-order valence-electron chi connectivity index (χ4n) is 3.11. The summed E-state index contributed by atoms with van der Waals surface area (Å²) >= 11 is 0. The van der Waals surface area contributed by atoms with E-state index in [-0.39, 0.29) is 16.0 Å². The minimum absolute atomic E-state index is 0.146. The molecule has 9 heteroatoms. The predicted molar refractivity (Wildman–Crippen MR) is 128 cm³/mol. The van der Waals surface area contributed by atoms with Crippen molar-refractivity contribution in [2.24, 2.45) is 5.10 Å². The number of para-hydroxylation sites is 1. The van der Waals surface area contributed by atoms with Crippen molar-refractivity contribution >= 4 is 38.7 Å². The van der Waals surface area contributed by atoms with E-state index in [4.69, 9.17) is 0 Å². The van der Waals surface area contributed by atoms with Crippen molar-refractivity contribution in [3.63, 3.8) is 0 Å². The lowest BCUT2D eigenvalue weighted by molar-refractivity contribution is 0.0955. The first-order valence-corrected chi connectivity index (χ1v) is 11.5. The van der Waals surface area contributed by atoms with E-state index in [1.807, 2.05) is 25.1 Å². The average molecular weight is 461 g/mol. The summed E-state index contributed by atoms with van der Waals surface area (Å²) in [5.74, 6) is -0.503. The Morgan fingerprint density at radius 2 is 1.67 bits per heavy atom. The van der Waals surface area contributed by atoms with E-state index in [0.29, 0.717) is 16.8 Å². The Balaban J connectivity index is 1.42. The third-order valence-electron chi connectivity index (χ3n) is 4.88. The third kappa shape index (κ3) is 5.16. The van der Waals surface area contributed by atoms with Gasteiger partial charge in [-0.1, -0.05) is 35.9 Å². The van der Waals surface area contributed by atoms with Crippen molar-refractivity contribution in [3.05, 3.63) is 106 Å². The molecule has 4 aromatic rings. The summed E-state index contributed by atoms with van der Waals surface area (Å²) in [6.07, 6.45) is 1.27. The number of pyridine rings is 1. The summed E-state index contributed by atoms with van der Waals surface area (Å²) in [5, 5.41) is 4.70. The molecule has 0 aliphatic heterocycles. The van der Waals surface area contributed by atoms with Crippen molar-refractivity contribution in [2.45, 2.75) is 11.8 Å². The average Bonchev–Trinajstić information content (AvgIpc) is 2.80. The number of anilines is 1. The molecular formula is C24H20N4O4S. The summed E-state index contributed by atoms with van der Waals surface area (Å²) < 4.78 is 27.4. The Morgan fingerprint density at radius 3 is 2.39 bits per heavy atom. The maximum Gasteiger partial charge on any atom is 0.271 e. The van der Waals surface area contributed by atoms with Crippen molar-refractivity contribution in [3.8, 4) is 0 Å².